The number of thiocarbonyl (C=S) groups is 1. The Balaban J connectivity index is 1.68. The highest BCUT2D eigenvalue weighted by atomic mass is 35.5. The van der Waals surface area contributed by atoms with Gasteiger partial charge in [-0.05, 0) is 91.8 Å². The number of hydrogen-bond donors (Lipinski definition) is 1. The Morgan fingerprint density at radius 3 is 2.52 bits per heavy atom. The van der Waals surface area contributed by atoms with Crippen molar-refractivity contribution < 1.29 is 4.39 Å². The molecule has 0 aliphatic carbocycles. The van der Waals surface area contributed by atoms with E-state index in [9.17, 15) is 4.39 Å². The van der Waals surface area contributed by atoms with E-state index in [0.29, 0.717) is 5.11 Å². The number of anilines is 1. The first-order valence-corrected chi connectivity index (χ1v) is 11.4. The highest BCUT2D eigenvalue weighted by Crippen LogP contribution is 2.42. The third-order valence-corrected chi connectivity index (χ3v) is 6.74. The van der Waals surface area contributed by atoms with E-state index in [1.807, 2.05) is 35.0 Å². The van der Waals surface area contributed by atoms with Crippen LogP contribution in [-0.4, -0.2) is 14.7 Å². The Hall–Kier alpha value is -3.22. The first-order chi connectivity index (χ1) is 15.9. The number of nitrogens with zero attached hydrogens (tertiary/aromatic N) is 3. The molecule has 4 aromatic rings. The molecule has 0 unspecified atom stereocenters. The van der Waals surface area contributed by atoms with Crippen LogP contribution in [0, 0.1) is 19.7 Å². The van der Waals surface area contributed by atoms with Gasteiger partial charge in [0.2, 0.25) is 0 Å². The van der Waals surface area contributed by atoms with Gasteiger partial charge in [0.1, 0.15) is 11.9 Å². The van der Waals surface area contributed by atoms with Crippen molar-refractivity contribution in [1.82, 2.24) is 14.9 Å². The molecule has 0 bridgehead atoms. The third kappa shape index (κ3) is 3.90. The number of pyridine rings is 1. The largest absolute Gasteiger partial charge is 0.351 e. The van der Waals surface area contributed by atoms with E-state index >= 15 is 0 Å². The second-order valence-electron chi connectivity index (χ2n) is 8.17. The van der Waals surface area contributed by atoms with Crippen LogP contribution in [0.5, 0.6) is 0 Å². The lowest BCUT2D eigenvalue weighted by atomic mass is 10.00. The maximum Gasteiger partial charge on any atom is 0.174 e. The Labute approximate surface area is 202 Å². The zero-order valence-electron chi connectivity index (χ0n) is 18.2. The molecule has 2 atom stereocenters. The fraction of sp³-hybridized carbons (Fsp3) is 0.154. The summed E-state index contributed by atoms with van der Waals surface area (Å²) in [5.74, 6) is -0.444. The van der Waals surface area contributed by atoms with E-state index in [4.69, 9.17) is 23.8 Å². The van der Waals surface area contributed by atoms with Crippen molar-refractivity contribution in [2.24, 2.45) is 0 Å². The van der Waals surface area contributed by atoms with Crippen molar-refractivity contribution in [1.29, 1.82) is 0 Å². The Kier molecular flexibility index (Phi) is 5.64. The molecule has 33 heavy (non-hydrogen) atoms. The first kappa shape index (κ1) is 21.6. The van der Waals surface area contributed by atoms with Crippen LogP contribution in [0.25, 0.3) is 5.69 Å². The van der Waals surface area contributed by atoms with Gasteiger partial charge in [-0.1, -0.05) is 23.7 Å². The lowest BCUT2D eigenvalue weighted by Gasteiger charge is -2.29. The molecule has 0 spiro atoms. The average molecular weight is 477 g/mol. The van der Waals surface area contributed by atoms with E-state index < -0.39 is 5.82 Å². The van der Waals surface area contributed by atoms with Crippen LogP contribution in [0.15, 0.2) is 79.1 Å². The van der Waals surface area contributed by atoms with Gasteiger partial charge in [0.25, 0.3) is 0 Å². The number of benzene rings is 2. The molecule has 2 aromatic carbocycles. The molecular weight excluding hydrogens is 455 g/mol. The van der Waals surface area contributed by atoms with Gasteiger partial charge in [-0.3, -0.25) is 4.98 Å². The Bertz CT molecular complexity index is 1340. The van der Waals surface area contributed by atoms with Crippen LogP contribution < -0.4 is 10.2 Å². The smallest absolute Gasteiger partial charge is 0.174 e. The molecule has 3 heterocycles. The molecule has 1 saturated heterocycles. The molecule has 1 fully saturated rings. The summed E-state index contributed by atoms with van der Waals surface area (Å²) in [6.07, 6.45) is 3.74. The van der Waals surface area contributed by atoms with Crippen LogP contribution in [0.4, 0.5) is 10.1 Å². The molecule has 0 saturated carbocycles. The molecule has 7 heteroatoms. The second-order valence-corrected chi connectivity index (χ2v) is 8.96. The zero-order chi connectivity index (χ0) is 23.1. The van der Waals surface area contributed by atoms with Crippen LogP contribution in [0.2, 0.25) is 5.02 Å². The molecule has 1 aliphatic rings. The Morgan fingerprint density at radius 2 is 1.79 bits per heavy atom. The molecule has 4 nitrogen and oxygen atoms in total. The van der Waals surface area contributed by atoms with Gasteiger partial charge < -0.3 is 14.8 Å². The number of halogens is 2. The summed E-state index contributed by atoms with van der Waals surface area (Å²) in [5.41, 5.74) is 6.07. The molecule has 1 aliphatic heterocycles. The van der Waals surface area contributed by atoms with Gasteiger partial charge in [-0.15, -0.1) is 0 Å². The quantitative estimate of drug-likeness (QED) is 0.343. The van der Waals surface area contributed by atoms with Gasteiger partial charge in [-0.25, -0.2) is 4.39 Å². The van der Waals surface area contributed by atoms with Crippen molar-refractivity contribution >= 4 is 34.6 Å². The van der Waals surface area contributed by atoms with Crippen molar-refractivity contribution in [3.05, 3.63) is 112 Å². The van der Waals surface area contributed by atoms with Crippen LogP contribution in [-0.2, 0) is 0 Å². The minimum Gasteiger partial charge on any atom is -0.351 e. The summed E-state index contributed by atoms with van der Waals surface area (Å²) in [6.45, 7) is 4.19. The van der Waals surface area contributed by atoms with E-state index in [2.05, 4.69) is 53.3 Å². The highest BCUT2D eigenvalue weighted by molar-refractivity contribution is 7.80. The molecule has 1 N–H and O–H groups in total. The fourth-order valence-electron chi connectivity index (χ4n) is 4.31. The van der Waals surface area contributed by atoms with E-state index in [1.54, 1.807) is 18.3 Å². The molecule has 5 rings (SSSR count). The highest BCUT2D eigenvalue weighted by Gasteiger charge is 2.42. The van der Waals surface area contributed by atoms with Gasteiger partial charge >= 0.3 is 0 Å². The summed E-state index contributed by atoms with van der Waals surface area (Å²) in [7, 11) is 0. The second kappa shape index (κ2) is 8.61. The minimum atomic E-state index is -0.444. The third-order valence-electron chi connectivity index (χ3n) is 6.13. The van der Waals surface area contributed by atoms with Gasteiger partial charge in [-0.2, -0.15) is 0 Å². The van der Waals surface area contributed by atoms with Crippen LogP contribution >= 0.6 is 23.8 Å². The average Bonchev–Trinajstić information content (AvgIpc) is 3.42. The van der Waals surface area contributed by atoms with Gasteiger partial charge in [0, 0.05) is 29.5 Å². The molecule has 0 amide bonds. The van der Waals surface area contributed by atoms with Gasteiger partial charge in [0.05, 0.1) is 16.8 Å². The predicted molar refractivity (Wildman–Crippen MR) is 135 cm³/mol. The summed E-state index contributed by atoms with van der Waals surface area (Å²) in [5, 5.41) is 4.20. The lowest BCUT2D eigenvalue weighted by molar-refractivity contribution is 0.549. The summed E-state index contributed by atoms with van der Waals surface area (Å²) in [6, 6.07) is 20.6. The number of rotatable bonds is 4. The maximum absolute atomic E-state index is 13.8. The van der Waals surface area contributed by atoms with E-state index in [-0.39, 0.29) is 17.1 Å². The van der Waals surface area contributed by atoms with Crippen LogP contribution in [0.1, 0.15) is 34.6 Å². The number of aromatic nitrogens is 2. The van der Waals surface area contributed by atoms with Crippen molar-refractivity contribution in [2.75, 3.05) is 4.90 Å². The fourth-order valence-corrected chi connectivity index (χ4v) is 4.83. The first-order valence-electron chi connectivity index (χ1n) is 10.6. The SMILES string of the molecule is Cc1ccc(N2C(=S)N[C@H](c3ccccn3)[C@@H]2c2cccn2-c2ccc(F)c(Cl)c2)cc1C. The molecular formula is C26H22ClFN4S. The number of nitrogens with one attached hydrogen (secondary N) is 1. The van der Waals surface area contributed by atoms with Gasteiger partial charge in [0.15, 0.2) is 5.11 Å². The van der Waals surface area contributed by atoms with E-state index in [1.165, 1.54) is 17.2 Å². The predicted octanol–water partition coefficient (Wildman–Crippen LogP) is 6.46. The molecule has 166 valence electrons. The lowest BCUT2D eigenvalue weighted by Crippen LogP contribution is -2.30. The minimum absolute atomic E-state index is 0.0829. The van der Waals surface area contributed by atoms with Crippen molar-refractivity contribution in [3.63, 3.8) is 0 Å². The molecule has 0 radical (unpaired) electrons. The summed E-state index contributed by atoms with van der Waals surface area (Å²) < 4.78 is 15.9. The van der Waals surface area contributed by atoms with E-state index in [0.717, 1.165) is 22.8 Å². The number of aryl methyl sites for hydroxylation is 2. The Morgan fingerprint density at radius 1 is 0.970 bits per heavy atom. The summed E-state index contributed by atoms with van der Waals surface area (Å²) in [4.78, 5) is 6.75. The summed E-state index contributed by atoms with van der Waals surface area (Å²) >= 11 is 11.9. The monoisotopic (exact) mass is 476 g/mol. The topological polar surface area (TPSA) is 33.1 Å². The molecule has 2 aromatic heterocycles. The van der Waals surface area contributed by atoms with Crippen LogP contribution in [0.3, 0.4) is 0 Å². The zero-order valence-corrected chi connectivity index (χ0v) is 19.7. The maximum atomic E-state index is 13.8. The van der Waals surface area contributed by atoms with Crippen molar-refractivity contribution in [2.45, 2.75) is 25.9 Å². The normalized spacial score (nSPS) is 17.9. The van der Waals surface area contributed by atoms with Crippen molar-refractivity contribution in [3.8, 4) is 5.69 Å². The standard InChI is InChI=1S/C26H22ClFN4S/c1-16-8-9-19(14-17(16)2)32-25(24(30-26(32)33)22-6-3-4-12-29-22)23-7-5-13-31(23)18-10-11-21(28)20(27)15-18/h3-15,24-25H,1-2H3,(H,30,33)/t24-,25+/m1/s1. The number of hydrogen-bond acceptors (Lipinski definition) is 2.